The maximum absolute atomic E-state index is 12.2. The minimum Gasteiger partial charge on any atom is -0.348 e. The number of thiazole rings is 1. The molecule has 1 aromatic heterocycles. The van der Waals surface area contributed by atoms with Crippen LogP contribution >= 0.6 is 36.2 Å². The molecule has 0 bridgehead atoms. The highest BCUT2D eigenvalue weighted by atomic mass is 35.5. The van der Waals surface area contributed by atoms with E-state index in [1.807, 2.05) is 30.3 Å². The zero-order valence-corrected chi connectivity index (χ0v) is 14.4. The van der Waals surface area contributed by atoms with Gasteiger partial charge in [0.1, 0.15) is 9.88 Å². The second-order valence-corrected chi connectivity index (χ2v) is 5.92. The normalized spacial score (nSPS) is 14.5. The number of nitrogens with one attached hydrogen (secondary N) is 2. The Balaban J connectivity index is 0.00000121. The topological polar surface area (TPSA) is 54.0 Å². The lowest BCUT2D eigenvalue weighted by Gasteiger charge is -2.23. The molecule has 1 fully saturated rings. The van der Waals surface area contributed by atoms with E-state index in [9.17, 15) is 4.79 Å². The largest absolute Gasteiger partial charge is 0.348 e. The average Bonchev–Trinajstić information content (AvgIpc) is 2.99. The molecule has 0 aliphatic carbocycles. The number of hydrogen-bond acceptors (Lipinski definition) is 4. The van der Waals surface area contributed by atoms with Gasteiger partial charge in [-0.3, -0.25) is 4.79 Å². The van der Waals surface area contributed by atoms with Gasteiger partial charge in [0.05, 0.1) is 6.20 Å². The van der Waals surface area contributed by atoms with Gasteiger partial charge in [-0.05, 0) is 25.9 Å². The number of piperidine rings is 1. The van der Waals surface area contributed by atoms with Crippen molar-refractivity contribution in [3.8, 4) is 10.6 Å². The molecule has 120 valence electrons. The highest BCUT2D eigenvalue weighted by Crippen LogP contribution is 2.24. The van der Waals surface area contributed by atoms with Crippen LogP contribution in [0.15, 0.2) is 36.5 Å². The second-order valence-electron chi connectivity index (χ2n) is 4.89. The summed E-state index contributed by atoms with van der Waals surface area (Å²) >= 11 is 1.44. The van der Waals surface area contributed by atoms with Crippen LogP contribution in [0.4, 0.5) is 0 Å². The maximum atomic E-state index is 12.2. The SMILES string of the molecule is Cl.Cl.O=C(NC1CCNCC1)c1cnc(-c2ccccc2)s1. The molecule has 1 saturated heterocycles. The van der Waals surface area contributed by atoms with Crippen LogP contribution in [0.3, 0.4) is 0 Å². The molecule has 0 atom stereocenters. The minimum absolute atomic E-state index is 0. The molecule has 1 aromatic carbocycles. The van der Waals surface area contributed by atoms with Gasteiger partial charge in [0.25, 0.3) is 5.91 Å². The van der Waals surface area contributed by atoms with Crippen molar-refractivity contribution in [2.75, 3.05) is 13.1 Å². The Kier molecular flexibility index (Phi) is 7.82. The fraction of sp³-hybridized carbons (Fsp3) is 0.333. The standard InChI is InChI=1S/C15H17N3OS.2ClH/c19-14(18-12-6-8-16-9-7-12)13-10-17-15(20-13)11-4-2-1-3-5-11;;/h1-5,10,12,16H,6-9H2,(H,18,19);2*1H. The summed E-state index contributed by atoms with van der Waals surface area (Å²) in [5.41, 5.74) is 1.05. The van der Waals surface area contributed by atoms with Crippen molar-refractivity contribution >= 4 is 42.1 Å². The third-order valence-corrected chi connectivity index (χ3v) is 4.47. The maximum Gasteiger partial charge on any atom is 0.263 e. The number of benzene rings is 1. The molecule has 2 heterocycles. The molecule has 7 heteroatoms. The summed E-state index contributed by atoms with van der Waals surface area (Å²) < 4.78 is 0. The number of nitrogens with zero attached hydrogens (tertiary/aromatic N) is 1. The third kappa shape index (κ3) is 4.68. The molecular formula is C15H19Cl2N3OS. The molecule has 2 N–H and O–H groups in total. The van der Waals surface area contributed by atoms with Crippen molar-refractivity contribution in [2.24, 2.45) is 0 Å². The van der Waals surface area contributed by atoms with Crippen molar-refractivity contribution < 1.29 is 4.79 Å². The lowest BCUT2D eigenvalue weighted by molar-refractivity contribution is 0.0933. The predicted molar refractivity (Wildman–Crippen MR) is 95.4 cm³/mol. The molecule has 0 radical (unpaired) electrons. The summed E-state index contributed by atoms with van der Waals surface area (Å²) in [4.78, 5) is 17.2. The van der Waals surface area contributed by atoms with Crippen LogP contribution in [-0.4, -0.2) is 30.0 Å². The first-order valence-electron chi connectivity index (χ1n) is 6.86. The summed E-state index contributed by atoms with van der Waals surface area (Å²) in [6, 6.07) is 10.2. The van der Waals surface area contributed by atoms with Crippen LogP contribution in [0, 0.1) is 0 Å². The first kappa shape index (κ1) is 18.9. The Morgan fingerprint density at radius 2 is 1.86 bits per heavy atom. The molecule has 2 aromatic rings. The quantitative estimate of drug-likeness (QED) is 0.884. The highest BCUT2D eigenvalue weighted by Gasteiger charge is 2.18. The Bertz CT molecular complexity index is 585. The van der Waals surface area contributed by atoms with E-state index >= 15 is 0 Å². The van der Waals surface area contributed by atoms with Crippen LogP contribution in [-0.2, 0) is 0 Å². The van der Waals surface area contributed by atoms with Crippen LogP contribution in [0.1, 0.15) is 22.5 Å². The van der Waals surface area contributed by atoms with Gasteiger partial charge < -0.3 is 10.6 Å². The Morgan fingerprint density at radius 3 is 2.55 bits per heavy atom. The van der Waals surface area contributed by atoms with Gasteiger partial charge >= 0.3 is 0 Å². The van der Waals surface area contributed by atoms with Gasteiger partial charge in [-0.2, -0.15) is 0 Å². The lowest BCUT2D eigenvalue weighted by Crippen LogP contribution is -2.42. The van der Waals surface area contributed by atoms with E-state index < -0.39 is 0 Å². The van der Waals surface area contributed by atoms with Crippen molar-refractivity contribution in [3.63, 3.8) is 0 Å². The number of carbonyl (C=O) groups excluding carboxylic acids is 1. The monoisotopic (exact) mass is 359 g/mol. The molecule has 1 amide bonds. The first-order valence-corrected chi connectivity index (χ1v) is 7.67. The molecular weight excluding hydrogens is 341 g/mol. The van der Waals surface area contributed by atoms with Crippen LogP contribution in [0.2, 0.25) is 0 Å². The smallest absolute Gasteiger partial charge is 0.263 e. The fourth-order valence-electron chi connectivity index (χ4n) is 2.32. The number of halogens is 2. The van der Waals surface area contributed by atoms with Crippen molar-refractivity contribution in [3.05, 3.63) is 41.4 Å². The highest BCUT2D eigenvalue weighted by molar-refractivity contribution is 7.16. The van der Waals surface area contributed by atoms with Crippen LogP contribution < -0.4 is 10.6 Å². The number of carbonyl (C=O) groups is 1. The van der Waals surface area contributed by atoms with E-state index in [-0.39, 0.29) is 36.8 Å². The van der Waals surface area contributed by atoms with E-state index in [2.05, 4.69) is 15.6 Å². The van der Waals surface area contributed by atoms with E-state index in [0.29, 0.717) is 4.88 Å². The van der Waals surface area contributed by atoms with Crippen molar-refractivity contribution in [1.82, 2.24) is 15.6 Å². The van der Waals surface area contributed by atoms with E-state index in [4.69, 9.17) is 0 Å². The van der Waals surface area contributed by atoms with Crippen LogP contribution in [0.5, 0.6) is 0 Å². The Labute approximate surface area is 146 Å². The van der Waals surface area contributed by atoms with Crippen LogP contribution in [0.25, 0.3) is 10.6 Å². The molecule has 0 unspecified atom stereocenters. The van der Waals surface area contributed by atoms with Gasteiger partial charge in [-0.15, -0.1) is 36.2 Å². The summed E-state index contributed by atoms with van der Waals surface area (Å²) in [6.45, 7) is 1.95. The molecule has 0 spiro atoms. The summed E-state index contributed by atoms with van der Waals surface area (Å²) in [7, 11) is 0. The van der Waals surface area contributed by atoms with Gasteiger partial charge in [0.2, 0.25) is 0 Å². The van der Waals surface area contributed by atoms with Crippen molar-refractivity contribution in [1.29, 1.82) is 0 Å². The molecule has 4 nitrogen and oxygen atoms in total. The average molecular weight is 360 g/mol. The summed E-state index contributed by atoms with van der Waals surface area (Å²) in [5, 5.41) is 7.27. The first-order chi connectivity index (χ1) is 9.83. The zero-order chi connectivity index (χ0) is 13.8. The van der Waals surface area contributed by atoms with E-state index in [1.54, 1.807) is 6.20 Å². The Hall–Kier alpha value is -1.14. The molecule has 22 heavy (non-hydrogen) atoms. The minimum atomic E-state index is -0.00317. The number of hydrogen-bond donors (Lipinski definition) is 2. The molecule has 1 aliphatic heterocycles. The number of aromatic nitrogens is 1. The van der Waals surface area contributed by atoms with Gasteiger partial charge in [0.15, 0.2) is 0 Å². The molecule has 0 saturated carbocycles. The third-order valence-electron chi connectivity index (χ3n) is 3.42. The van der Waals surface area contributed by atoms with Gasteiger partial charge in [0, 0.05) is 11.6 Å². The second kappa shape index (κ2) is 9.10. The van der Waals surface area contributed by atoms with E-state index in [0.717, 1.165) is 36.5 Å². The number of amides is 1. The van der Waals surface area contributed by atoms with E-state index in [1.165, 1.54) is 11.3 Å². The lowest BCUT2D eigenvalue weighted by atomic mass is 10.1. The van der Waals surface area contributed by atoms with Crippen molar-refractivity contribution in [2.45, 2.75) is 18.9 Å². The zero-order valence-electron chi connectivity index (χ0n) is 12.0. The number of rotatable bonds is 3. The molecule has 3 rings (SSSR count). The Morgan fingerprint density at radius 1 is 1.18 bits per heavy atom. The fourth-order valence-corrected chi connectivity index (χ4v) is 3.14. The van der Waals surface area contributed by atoms with Gasteiger partial charge in [-0.1, -0.05) is 30.3 Å². The van der Waals surface area contributed by atoms with Gasteiger partial charge in [-0.25, -0.2) is 4.98 Å². The summed E-state index contributed by atoms with van der Waals surface area (Å²) in [5.74, 6) is -0.00317. The molecule has 1 aliphatic rings. The summed E-state index contributed by atoms with van der Waals surface area (Å²) in [6.07, 6.45) is 3.66. The predicted octanol–water partition coefficient (Wildman–Crippen LogP) is 3.14.